The lowest BCUT2D eigenvalue weighted by Gasteiger charge is -1.99. The van der Waals surface area contributed by atoms with Crippen molar-refractivity contribution in [3.8, 4) is 22.6 Å². The maximum Gasteiger partial charge on any atom is 0.137 e. The van der Waals surface area contributed by atoms with Crippen molar-refractivity contribution in [2.45, 2.75) is 0 Å². The third-order valence-electron chi connectivity index (χ3n) is 2.81. The van der Waals surface area contributed by atoms with Crippen LogP contribution in [0.1, 0.15) is 0 Å². The fraction of sp³-hybridized carbons (Fsp3) is 0. The Morgan fingerprint density at radius 3 is 2.58 bits per heavy atom. The summed E-state index contributed by atoms with van der Waals surface area (Å²) in [5.41, 5.74) is 3.06. The second-order valence-corrected chi connectivity index (χ2v) is 5.52. The zero-order chi connectivity index (χ0) is 13.2. The van der Waals surface area contributed by atoms with E-state index < -0.39 is 0 Å². The fourth-order valence-corrected chi connectivity index (χ4v) is 2.50. The number of imidazole rings is 1. The van der Waals surface area contributed by atoms with Crippen molar-refractivity contribution < 1.29 is 0 Å². The highest BCUT2D eigenvalue weighted by molar-refractivity contribution is 9.10. The van der Waals surface area contributed by atoms with Gasteiger partial charge in [0.05, 0.1) is 11.9 Å². The van der Waals surface area contributed by atoms with Gasteiger partial charge in [-0.3, -0.25) is 0 Å². The van der Waals surface area contributed by atoms with Gasteiger partial charge in [-0.25, -0.2) is 4.98 Å². The third-order valence-corrected chi connectivity index (χ3v) is 3.54. The van der Waals surface area contributed by atoms with Crippen molar-refractivity contribution in [2.24, 2.45) is 0 Å². The Balaban J connectivity index is 2.00. The molecule has 0 aliphatic carbocycles. The molecule has 0 bridgehead atoms. The summed E-state index contributed by atoms with van der Waals surface area (Å²) in [5, 5.41) is 0.706. The molecular formula is C15H10BrClN2. The Bertz CT molecular complexity index is 661. The number of hydrogen-bond acceptors (Lipinski definition) is 1. The van der Waals surface area contributed by atoms with Gasteiger partial charge in [0.2, 0.25) is 0 Å². The number of hydrogen-bond donors (Lipinski definition) is 1. The van der Waals surface area contributed by atoms with Gasteiger partial charge in [-0.1, -0.05) is 51.8 Å². The topological polar surface area (TPSA) is 28.7 Å². The van der Waals surface area contributed by atoms with Gasteiger partial charge >= 0.3 is 0 Å². The van der Waals surface area contributed by atoms with Crippen LogP contribution in [0.15, 0.2) is 59.2 Å². The average Bonchev–Trinajstić information content (AvgIpc) is 2.88. The van der Waals surface area contributed by atoms with E-state index in [1.807, 2.05) is 48.7 Å². The van der Waals surface area contributed by atoms with Gasteiger partial charge < -0.3 is 4.98 Å². The molecule has 0 amide bonds. The van der Waals surface area contributed by atoms with Crippen molar-refractivity contribution in [3.05, 3.63) is 64.2 Å². The van der Waals surface area contributed by atoms with Crippen molar-refractivity contribution in [1.29, 1.82) is 0 Å². The fourth-order valence-electron chi connectivity index (χ4n) is 1.91. The van der Waals surface area contributed by atoms with E-state index in [1.54, 1.807) is 0 Å². The van der Waals surface area contributed by atoms with Gasteiger partial charge in [0, 0.05) is 20.6 Å². The lowest BCUT2D eigenvalue weighted by atomic mass is 10.2. The van der Waals surface area contributed by atoms with Crippen LogP contribution in [0.2, 0.25) is 5.02 Å². The molecule has 0 fully saturated rings. The molecule has 1 heterocycles. The molecule has 0 aliphatic rings. The van der Waals surface area contributed by atoms with Crippen LogP contribution in [0, 0.1) is 0 Å². The number of H-pyrrole nitrogens is 1. The van der Waals surface area contributed by atoms with Crippen LogP contribution >= 0.6 is 27.5 Å². The van der Waals surface area contributed by atoms with Crippen LogP contribution in [0.4, 0.5) is 0 Å². The minimum atomic E-state index is 0.706. The van der Waals surface area contributed by atoms with Crippen LogP contribution in [0.5, 0.6) is 0 Å². The summed E-state index contributed by atoms with van der Waals surface area (Å²) in [6.45, 7) is 0. The zero-order valence-corrected chi connectivity index (χ0v) is 12.2. The maximum absolute atomic E-state index is 5.99. The molecule has 0 unspecified atom stereocenters. The van der Waals surface area contributed by atoms with E-state index in [4.69, 9.17) is 11.6 Å². The highest BCUT2D eigenvalue weighted by atomic mass is 79.9. The van der Waals surface area contributed by atoms with Crippen LogP contribution in [-0.4, -0.2) is 9.97 Å². The predicted molar refractivity (Wildman–Crippen MR) is 82.2 cm³/mol. The molecule has 1 N–H and O–H groups in total. The first-order valence-electron chi connectivity index (χ1n) is 5.79. The van der Waals surface area contributed by atoms with Gasteiger partial charge in [0.1, 0.15) is 5.82 Å². The third kappa shape index (κ3) is 2.72. The predicted octanol–water partition coefficient (Wildman–Crippen LogP) is 5.16. The summed E-state index contributed by atoms with van der Waals surface area (Å²) in [6, 6.07) is 15.7. The van der Waals surface area contributed by atoms with Gasteiger partial charge in [0.25, 0.3) is 0 Å². The maximum atomic E-state index is 5.99. The molecule has 3 aromatic rings. The molecule has 4 heteroatoms. The van der Waals surface area contributed by atoms with Crippen molar-refractivity contribution in [2.75, 3.05) is 0 Å². The second kappa shape index (κ2) is 5.19. The Morgan fingerprint density at radius 2 is 1.79 bits per heavy atom. The summed E-state index contributed by atoms with van der Waals surface area (Å²) in [5.74, 6) is 0.817. The summed E-state index contributed by atoms with van der Waals surface area (Å²) >= 11 is 9.46. The molecule has 0 spiro atoms. The first-order chi connectivity index (χ1) is 9.22. The summed E-state index contributed by atoms with van der Waals surface area (Å²) in [6.07, 6.45) is 1.83. The van der Waals surface area contributed by atoms with Gasteiger partial charge in [-0.05, 0) is 24.3 Å². The first-order valence-corrected chi connectivity index (χ1v) is 6.96. The Hall–Kier alpha value is -1.58. The molecule has 2 aromatic carbocycles. The number of nitrogens with one attached hydrogen (secondary N) is 1. The van der Waals surface area contributed by atoms with Crippen molar-refractivity contribution >= 4 is 27.5 Å². The van der Waals surface area contributed by atoms with Crippen LogP contribution in [0.25, 0.3) is 22.6 Å². The van der Waals surface area contributed by atoms with E-state index in [1.165, 1.54) is 0 Å². The number of halogens is 2. The van der Waals surface area contributed by atoms with E-state index in [0.717, 1.165) is 27.1 Å². The molecule has 1 aromatic heterocycles. The minimum Gasteiger partial charge on any atom is -0.338 e. The average molecular weight is 334 g/mol. The van der Waals surface area contributed by atoms with Gasteiger partial charge in [0.15, 0.2) is 0 Å². The Labute approximate surface area is 124 Å². The number of aromatic amines is 1. The molecule has 0 radical (unpaired) electrons. The van der Waals surface area contributed by atoms with E-state index in [9.17, 15) is 0 Å². The van der Waals surface area contributed by atoms with Gasteiger partial charge in [-0.15, -0.1) is 0 Å². The van der Waals surface area contributed by atoms with E-state index in [-0.39, 0.29) is 0 Å². The largest absolute Gasteiger partial charge is 0.338 e. The van der Waals surface area contributed by atoms with Crippen molar-refractivity contribution in [1.82, 2.24) is 9.97 Å². The number of aromatic nitrogens is 2. The van der Waals surface area contributed by atoms with E-state index in [2.05, 4.69) is 32.0 Å². The molecule has 19 heavy (non-hydrogen) atoms. The Kier molecular flexibility index (Phi) is 3.40. The number of rotatable bonds is 2. The molecular weight excluding hydrogens is 324 g/mol. The normalized spacial score (nSPS) is 10.6. The lowest BCUT2D eigenvalue weighted by Crippen LogP contribution is -1.81. The molecule has 94 valence electrons. The molecule has 3 rings (SSSR count). The highest BCUT2D eigenvalue weighted by Gasteiger charge is 2.06. The first kappa shape index (κ1) is 12.5. The molecule has 0 saturated carbocycles. The van der Waals surface area contributed by atoms with Crippen molar-refractivity contribution in [3.63, 3.8) is 0 Å². The molecule has 0 saturated heterocycles. The van der Waals surface area contributed by atoms with E-state index >= 15 is 0 Å². The smallest absolute Gasteiger partial charge is 0.137 e. The SMILES string of the molecule is Clc1cccc(-c2ncc(-c3cccc(Br)c3)[nH]2)c1. The molecule has 0 aliphatic heterocycles. The summed E-state index contributed by atoms with van der Waals surface area (Å²) in [4.78, 5) is 7.71. The minimum absolute atomic E-state index is 0.706. The lowest BCUT2D eigenvalue weighted by molar-refractivity contribution is 1.31. The monoisotopic (exact) mass is 332 g/mol. The van der Waals surface area contributed by atoms with Crippen LogP contribution in [0.3, 0.4) is 0 Å². The zero-order valence-electron chi connectivity index (χ0n) is 9.90. The summed E-state index contributed by atoms with van der Waals surface area (Å²) in [7, 11) is 0. The second-order valence-electron chi connectivity index (χ2n) is 4.17. The Morgan fingerprint density at radius 1 is 1.00 bits per heavy atom. The van der Waals surface area contributed by atoms with Gasteiger partial charge in [-0.2, -0.15) is 0 Å². The standard InChI is InChI=1S/C15H10BrClN2/c16-12-5-1-3-10(7-12)14-9-18-15(19-14)11-4-2-6-13(17)8-11/h1-9H,(H,18,19). The number of nitrogens with zero attached hydrogens (tertiary/aromatic N) is 1. The summed E-state index contributed by atoms with van der Waals surface area (Å²) < 4.78 is 1.05. The van der Waals surface area contributed by atoms with E-state index in [0.29, 0.717) is 5.02 Å². The molecule has 0 atom stereocenters. The molecule has 2 nitrogen and oxygen atoms in total. The van der Waals surface area contributed by atoms with Crippen LogP contribution < -0.4 is 0 Å². The van der Waals surface area contributed by atoms with Crippen LogP contribution in [-0.2, 0) is 0 Å². The number of benzene rings is 2. The highest BCUT2D eigenvalue weighted by Crippen LogP contribution is 2.25. The quantitative estimate of drug-likeness (QED) is 0.689.